The van der Waals surface area contributed by atoms with Crippen LogP contribution < -0.4 is 0 Å². The van der Waals surface area contributed by atoms with E-state index in [9.17, 15) is 8.42 Å². The Morgan fingerprint density at radius 2 is 1.90 bits per heavy atom. The second kappa shape index (κ2) is 6.66. The molecule has 1 saturated carbocycles. The Morgan fingerprint density at radius 1 is 1.10 bits per heavy atom. The van der Waals surface area contributed by atoms with E-state index in [1.165, 1.54) is 3.97 Å². The summed E-state index contributed by atoms with van der Waals surface area (Å²) < 4.78 is 29.6. The number of fused-ring (bicyclic) bond motifs is 3. The summed E-state index contributed by atoms with van der Waals surface area (Å²) in [7, 11) is -3.74. The molecule has 0 aliphatic heterocycles. The van der Waals surface area contributed by atoms with Gasteiger partial charge in [-0.05, 0) is 50.3 Å². The van der Waals surface area contributed by atoms with E-state index < -0.39 is 10.0 Å². The fourth-order valence-corrected chi connectivity index (χ4v) is 5.62. The van der Waals surface area contributed by atoms with Crippen molar-refractivity contribution < 1.29 is 8.42 Å². The van der Waals surface area contributed by atoms with Crippen molar-refractivity contribution in [1.82, 2.24) is 23.6 Å². The van der Waals surface area contributed by atoms with Crippen LogP contribution in [0.15, 0.2) is 47.6 Å². The Labute approximate surface area is 169 Å². The Bertz CT molecular complexity index is 1300. The largest absolute Gasteiger partial charge is 0.274 e. The normalized spacial score (nSPS) is 20.1. The van der Waals surface area contributed by atoms with Gasteiger partial charge in [0, 0.05) is 12.1 Å². The van der Waals surface area contributed by atoms with Crippen molar-refractivity contribution in [1.29, 1.82) is 0 Å². The monoisotopic (exact) mass is 408 g/mol. The molecule has 4 aromatic rings. The predicted molar refractivity (Wildman–Crippen MR) is 110 cm³/mol. The van der Waals surface area contributed by atoms with Gasteiger partial charge in [0.05, 0.1) is 16.6 Å². The van der Waals surface area contributed by atoms with Gasteiger partial charge in [0.1, 0.15) is 5.82 Å². The summed E-state index contributed by atoms with van der Waals surface area (Å²) in [5, 5.41) is 8.76. The molecule has 3 heterocycles. The highest BCUT2D eigenvalue weighted by Gasteiger charge is 2.32. The fraction of sp³-hybridized carbons (Fsp3) is 0.333. The second-order valence-corrected chi connectivity index (χ2v) is 9.50. The number of benzene rings is 1. The minimum atomic E-state index is -3.74. The van der Waals surface area contributed by atoms with Gasteiger partial charge >= 0.3 is 0 Å². The lowest BCUT2D eigenvalue weighted by atomic mass is 9.93. The third kappa shape index (κ3) is 2.77. The highest BCUT2D eigenvalue weighted by Crippen LogP contribution is 2.40. The number of hydrogen-bond acceptors (Lipinski definition) is 5. The molecule has 0 N–H and O–H groups in total. The van der Waals surface area contributed by atoms with Crippen LogP contribution in [0.5, 0.6) is 0 Å². The van der Waals surface area contributed by atoms with E-state index >= 15 is 0 Å². The van der Waals surface area contributed by atoms with Crippen LogP contribution in [-0.4, -0.2) is 32.0 Å². The maximum atomic E-state index is 13.2. The minimum Gasteiger partial charge on any atom is -0.274 e. The lowest BCUT2D eigenvalue weighted by Gasteiger charge is -2.16. The molecule has 0 unspecified atom stereocenters. The van der Waals surface area contributed by atoms with E-state index in [0.717, 1.165) is 30.7 Å². The molecule has 1 radical (unpaired) electrons. The first kappa shape index (κ1) is 18.3. The molecule has 5 rings (SSSR count). The summed E-state index contributed by atoms with van der Waals surface area (Å²) >= 11 is 0. The molecule has 3 aromatic heterocycles. The van der Waals surface area contributed by atoms with Crippen LogP contribution in [0, 0.1) is 19.3 Å². The van der Waals surface area contributed by atoms with Crippen LogP contribution in [0.4, 0.5) is 0 Å². The van der Waals surface area contributed by atoms with E-state index in [1.807, 2.05) is 11.3 Å². The SMILES string of the molecule is CC[C@@H]1C[CH]C[C@@H]1c1nnc2cnc3c(ccn3S(=O)(=O)c3ccc(C)cc3)n12. The van der Waals surface area contributed by atoms with Gasteiger partial charge in [-0.1, -0.05) is 31.0 Å². The van der Waals surface area contributed by atoms with Gasteiger partial charge in [-0.3, -0.25) is 4.40 Å². The molecule has 1 aliphatic carbocycles. The first-order chi connectivity index (χ1) is 14.0. The molecule has 0 bridgehead atoms. The molecule has 0 spiro atoms. The van der Waals surface area contributed by atoms with Gasteiger partial charge in [-0.25, -0.2) is 17.4 Å². The summed E-state index contributed by atoms with van der Waals surface area (Å²) in [4.78, 5) is 4.65. The van der Waals surface area contributed by atoms with Crippen LogP contribution in [0.25, 0.3) is 16.8 Å². The molecule has 8 heteroatoms. The first-order valence-electron chi connectivity index (χ1n) is 9.85. The van der Waals surface area contributed by atoms with Crippen LogP contribution in [0.1, 0.15) is 43.5 Å². The molecular weight excluding hydrogens is 386 g/mol. The van der Waals surface area contributed by atoms with E-state index in [0.29, 0.717) is 22.7 Å². The summed E-state index contributed by atoms with van der Waals surface area (Å²) in [6, 6.07) is 8.62. The van der Waals surface area contributed by atoms with E-state index in [4.69, 9.17) is 0 Å². The summed E-state index contributed by atoms with van der Waals surface area (Å²) in [5.74, 6) is 1.71. The van der Waals surface area contributed by atoms with Crippen molar-refractivity contribution in [3.05, 3.63) is 60.5 Å². The van der Waals surface area contributed by atoms with E-state index in [2.05, 4.69) is 28.5 Å². The third-order valence-corrected chi connectivity index (χ3v) is 7.64. The van der Waals surface area contributed by atoms with Crippen LogP contribution in [-0.2, 0) is 10.0 Å². The Kier molecular flexibility index (Phi) is 4.20. The standard InChI is InChI=1S/C21H22N5O2S/c1-3-15-5-4-6-17(15)20-24-23-19-13-22-21-18(26(19)20)11-12-25(21)29(27,28)16-9-7-14(2)8-10-16/h4,7-13,15,17H,3,5-6H2,1-2H3/t15-,17+/m1/s1. The zero-order valence-corrected chi connectivity index (χ0v) is 17.2. The maximum Gasteiger partial charge on any atom is 0.269 e. The summed E-state index contributed by atoms with van der Waals surface area (Å²) in [6.07, 6.45) is 8.59. The van der Waals surface area contributed by atoms with E-state index in [-0.39, 0.29) is 10.8 Å². The average molecular weight is 409 g/mol. The molecule has 1 aliphatic rings. The molecule has 1 aromatic carbocycles. The van der Waals surface area contributed by atoms with Gasteiger partial charge in [-0.15, -0.1) is 10.2 Å². The molecular formula is C21H22N5O2S. The zero-order chi connectivity index (χ0) is 20.2. The smallest absolute Gasteiger partial charge is 0.269 e. The molecule has 149 valence electrons. The van der Waals surface area contributed by atoms with Gasteiger partial charge < -0.3 is 0 Å². The number of aromatic nitrogens is 5. The van der Waals surface area contributed by atoms with Crippen LogP contribution in [0.3, 0.4) is 0 Å². The molecule has 1 fully saturated rings. The lowest BCUT2D eigenvalue weighted by molar-refractivity contribution is 0.452. The number of rotatable bonds is 4. The predicted octanol–water partition coefficient (Wildman–Crippen LogP) is 3.73. The van der Waals surface area contributed by atoms with Gasteiger partial charge in [-0.2, -0.15) is 0 Å². The molecule has 0 amide bonds. The first-order valence-corrected chi connectivity index (χ1v) is 11.3. The number of hydrogen-bond donors (Lipinski definition) is 0. The minimum absolute atomic E-state index is 0.239. The van der Waals surface area contributed by atoms with Crippen molar-refractivity contribution in [3.8, 4) is 0 Å². The third-order valence-electron chi connectivity index (χ3n) is 5.95. The highest BCUT2D eigenvalue weighted by molar-refractivity contribution is 7.90. The second-order valence-electron chi connectivity index (χ2n) is 7.68. The van der Waals surface area contributed by atoms with Crippen molar-refractivity contribution in [3.63, 3.8) is 0 Å². The molecule has 0 saturated heterocycles. The van der Waals surface area contributed by atoms with Crippen LogP contribution in [0.2, 0.25) is 0 Å². The number of aryl methyl sites for hydroxylation is 1. The molecule has 2 atom stereocenters. The Hall–Kier alpha value is -2.74. The maximum absolute atomic E-state index is 13.2. The quantitative estimate of drug-likeness (QED) is 0.514. The Balaban J connectivity index is 1.70. The van der Waals surface area contributed by atoms with Crippen molar-refractivity contribution >= 4 is 26.8 Å². The number of nitrogens with zero attached hydrogens (tertiary/aromatic N) is 5. The van der Waals surface area contributed by atoms with Crippen LogP contribution >= 0.6 is 0 Å². The topological polar surface area (TPSA) is 82.2 Å². The lowest BCUT2D eigenvalue weighted by Crippen LogP contribution is -2.13. The van der Waals surface area contributed by atoms with E-state index in [1.54, 1.807) is 42.7 Å². The highest BCUT2D eigenvalue weighted by atomic mass is 32.2. The average Bonchev–Trinajstić information content (AvgIpc) is 3.44. The van der Waals surface area contributed by atoms with Gasteiger partial charge in [0.2, 0.25) is 0 Å². The van der Waals surface area contributed by atoms with Gasteiger partial charge in [0.15, 0.2) is 11.3 Å². The molecule has 7 nitrogen and oxygen atoms in total. The van der Waals surface area contributed by atoms with Gasteiger partial charge in [0.25, 0.3) is 10.0 Å². The van der Waals surface area contributed by atoms with Crippen molar-refractivity contribution in [2.75, 3.05) is 0 Å². The van der Waals surface area contributed by atoms with Crippen molar-refractivity contribution in [2.24, 2.45) is 5.92 Å². The fourth-order valence-electron chi connectivity index (χ4n) is 4.32. The Morgan fingerprint density at radius 3 is 2.66 bits per heavy atom. The summed E-state index contributed by atoms with van der Waals surface area (Å²) in [5.41, 5.74) is 2.74. The molecule has 29 heavy (non-hydrogen) atoms. The summed E-state index contributed by atoms with van der Waals surface area (Å²) in [6.45, 7) is 4.12. The zero-order valence-electron chi connectivity index (χ0n) is 16.4. The van der Waals surface area contributed by atoms with Crippen molar-refractivity contribution in [2.45, 2.75) is 43.9 Å².